The zero-order valence-electron chi connectivity index (χ0n) is 14.6. The average Bonchev–Trinajstić information content (AvgIpc) is 2.96. The van der Waals surface area contributed by atoms with Gasteiger partial charge < -0.3 is 25.2 Å². The van der Waals surface area contributed by atoms with Gasteiger partial charge in [0.1, 0.15) is 9.88 Å². The predicted molar refractivity (Wildman–Crippen MR) is 105 cm³/mol. The number of thiophene rings is 1. The summed E-state index contributed by atoms with van der Waals surface area (Å²) in [4.78, 5) is 35.1. The van der Waals surface area contributed by atoms with Gasteiger partial charge in [-0.05, 0) is 49.0 Å². The summed E-state index contributed by atoms with van der Waals surface area (Å²) in [7, 11) is 2.49. The van der Waals surface area contributed by atoms with Crippen LogP contribution >= 0.6 is 23.6 Å². The van der Waals surface area contributed by atoms with E-state index in [-0.39, 0.29) is 21.1 Å². The van der Waals surface area contributed by atoms with Crippen LogP contribution in [0.2, 0.25) is 0 Å². The van der Waals surface area contributed by atoms with E-state index in [0.717, 1.165) is 11.3 Å². The summed E-state index contributed by atoms with van der Waals surface area (Å²) >= 11 is 6.25. The molecule has 0 aliphatic carbocycles. The highest BCUT2D eigenvalue weighted by atomic mass is 32.1. The lowest BCUT2D eigenvalue weighted by Gasteiger charge is -2.11. The van der Waals surface area contributed by atoms with Crippen LogP contribution in [0.1, 0.15) is 36.0 Å². The SMILES string of the molecule is COC(=O)c1sc(NC(=S)Nc2ccc(C(=O)O)cc2)c(C(=O)OC)c1C. The molecule has 0 atom stereocenters. The number of ether oxygens (including phenoxy) is 2. The molecule has 0 saturated heterocycles. The fourth-order valence-electron chi connectivity index (χ4n) is 2.20. The number of carbonyl (C=O) groups excluding carboxylic acids is 2. The number of nitrogens with one attached hydrogen (secondary N) is 2. The van der Waals surface area contributed by atoms with Gasteiger partial charge in [0.25, 0.3) is 0 Å². The van der Waals surface area contributed by atoms with Crippen LogP contribution in [-0.2, 0) is 9.47 Å². The molecule has 2 rings (SSSR count). The Kier molecular flexibility index (Phi) is 6.48. The third kappa shape index (κ3) is 4.60. The van der Waals surface area contributed by atoms with Gasteiger partial charge in [0.05, 0.1) is 25.3 Å². The molecule has 142 valence electrons. The maximum Gasteiger partial charge on any atom is 0.348 e. The van der Waals surface area contributed by atoms with Gasteiger partial charge in [-0.2, -0.15) is 0 Å². The van der Waals surface area contributed by atoms with Gasteiger partial charge in [0.15, 0.2) is 5.11 Å². The number of carboxylic acids is 1. The van der Waals surface area contributed by atoms with Crippen molar-refractivity contribution in [2.75, 3.05) is 24.9 Å². The van der Waals surface area contributed by atoms with Crippen molar-refractivity contribution in [1.82, 2.24) is 0 Å². The van der Waals surface area contributed by atoms with E-state index in [0.29, 0.717) is 16.3 Å². The number of esters is 2. The minimum Gasteiger partial charge on any atom is -0.478 e. The van der Waals surface area contributed by atoms with E-state index >= 15 is 0 Å². The maximum atomic E-state index is 12.1. The molecule has 0 saturated carbocycles. The second kappa shape index (κ2) is 8.60. The quantitative estimate of drug-likeness (QED) is 0.507. The van der Waals surface area contributed by atoms with Crippen molar-refractivity contribution in [1.29, 1.82) is 0 Å². The lowest BCUT2D eigenvalue weighted by atomic mass is 10.1. The number of aromatic carboxylic acids is 1. The van der Waals surface area contributed by atoms with E-state index in [1.165, 1.54) is 26.4 Å². The number of hydrogen-bond acceptors (Lipinski definition) is 7. The second-order valence-electron chi connectivity index (χ2n) is 5.21. The van der Waals surface area contributed by atoms with Crippen molar-refractivity contribution in [3.05, 3.63) is 45.8 Å². The Hall–Kier alpha value is -2.98. The van der Waals surface area contributed by atoms with Gasteiger partial charge in [0, 0.05) is 5.69 Å². The number of carbonyl (C=O) groups is 3. The third-order valence-corrected chi connectivity index (χ3v) is 4.92. The molecule has 1 aromatic heterocycles. The van der Waals surface area contributed by atoms with Crippen LogP contribution in [0, 0.1) is 6.92 Å². The molecule has 0 bridgehead atoms. The number of anilines is 2. The fourth-order valence-corrected chi connectivity index (χ4v) is 3.60. The molecule has 0 spiro atoms. The van der Waals surface area contributed by atoms with Crippen molar-refractivity contribution in [3.63, 3.8) is 0 Å². The first-order valence-corrected chi connectivity index (χ1v) is 8.72. The Morgan fingerprint density at radius 3 is 2.15 bits per heavy atom. The van der Waals surface area contributed by atoms with E-state index in [4.69, 9.17) is 26.8 Å². The largest absolute Gasteiger partial charge is 0.478 e. The molecule has 3 N–H and O–H groups in total. The second-order valence-corrected chi connectivity index (χ2v) is 6.63. The highest BCUT2D eigenvalue weighted by Crippen LogP contribution is 2.34. The third-order valence-electron chi connectivity index (χ3n) is 3.52. The van der Waals surface area contributed by atoms with E-state index in [9.17, 15) is 14.4 Å². The first-order chi connectivity index (χ1) is 12.8. The first-order valence-electron chi connectivity index (χ1n) is 7.49. The van der Waals surface area contributed by atoms with Gasteiger partial charge in [-0.25, -0.2) is 14.4 Å². The van der Waals surface area contributed by atoms with Gasteiger partial charge >= 0.3 is 17.9 Å². The maximum absolute atomic E-state index is 12.1. The molecule has 0 unspecified atom stereocenters. The van der Waals surface area contributed by atoms with Crippen LogP contribution in [0.4, 0.5) is 10.7 Å². The van der Waals surface area contributed by atoms with Crippen molar-refractivity contribution >= 4 is 57.3 Å². The zero-order chi connectivity index (χ0) is 20.1. The van der Waals surface area contributed by atoms with E-state index in [2.05, 4.69) is 10.6 Å². The van der Waals surface area contributed by atoms with E-state index in [1.807, 2.05) is 0 Å². The molecule has 10 heteroatoms. The number of methoxy groups -OCH3 is 2. The summed E-state index contributed by atoms with van der Waals surface area (Å²) in [6, 6.07) is 5.96. The standard InChI is InChI=1S/C17H16N2O6S2/c1-8-11(15(22)24-2)13(27-12(8)16(23)25-3)19-17(26)18-10-6-4-9(5-7-10)14(20)21/h4-7H,1-3H3,(H,20,21)(H2,18,19,26). The van der Waals surface area contributed by atoms with Gasteiger partial charge in [-0.15, -0.1) is 11.3 Å². The van der Waals surface area contributed by atoms with Crippen molar-refractivity contribution < 1.29 is 29.0 Å². The molecule has 0 amide bonds. The molecule has 0 fully saturated rings. The Bertz CT molecular complexity index is 905. The summed E-state index contributed by atoms with van der Waals surface area (Å²) < 4.78 is 9.50. The molecule has 0 aliphatic rings. The molecule has 27 heavy (non-hydrogen) atoms. The lowest BCUT2D eigenvalue weighted by molar-refractivity contribution is 0.0600. The molecule has 2 aromatic rings. The highest BCUT2D eigenvalue weighted by molar-refractivity contribution is 7.80. The smallest absolute Gasteiger partial charge is 0.348 e. The topological polar surface area (TPSA) is 114 Å². The molecule has 1 heterocycles. The van der Waals surface area contributed by atoms with E-state index < -0.39 is 17.9 Å². The number of hydrogen-bond donors (Lipinski definition) is 3. The summed E-state index contributed by atoms with van der Waals surface area (Å²) in [5.41, 5.74) is 1.31. The van der Waals surface area contributed by atoms with Gasteiger partial charge in [-0.3, -0.25) is 0 Å². The van der Waals surface area contributed by atoms with Crippen LogP contribution < -0.4 is 10.6 Å². The Balaban J connectivity index is 2.24. The Morgan fingerprint density at radius 2 is 1.63 bits per heavy atom. The number of carboxylic acid groups (broad SMARTS) is 1. The van der Waals surface area contributed by atoms with Crippen molar-refractivity contribution in [3.8, 4) is 0 Å². The summed E-state index contributed by atoms with van der Waals surface area (Å²) in [6.07, 6.45) is 0. The predicted octanol–water partition coefficient (Wildman–Crippen LogP) is 3.14. The molecule has 8 nitrogen and oxygen atoms in total. The van der Waals surface area contributed by atoms with Crippen molar-refractivity contribution in [2.45, 2.75) is 6.92 Å². The van der Waals surface area contributed by atoms with Crippen LogP contribution in [0.15, 0.2) is 24.3 Å². The fraction of sp³-hybridized carbons (Fsp3) is 0.176. The van der Waals surface area contributed by atoms with Crippen LogP contribution in [-0.4, -0.2) is 42.3 Å². The number of benzene rings is 1. The van der Waals surface area contributed by atoms with Crippen LogP contribution in [0.3, 0.4) is 0 Å². The highest BCUT2D eigenvalue weighted by Gasteiger charge is 2.26. The zero-order valence-corrected chi connectivity index (χ0v) is 16.2. The van der Waals surface area contributed by atoms with Crippen LogP contribution in [0.5, 0.6) is 0 Å². The Labute approximate surface area is 164 Å². The number of thiocarbonyl (C=S) groups is 1. The minimum absolute atomic E-state index is 0.143. The molecule has 1 aromatic carbocycles. The average molecular weight is 408 g/mol. The van der Waals surface area contributed by atoms with Gasteiger partial charge in [0.2, 0.25) is 0 Å². The molecule has 0 radical (unpaired) electrons. The minimum atomic E-state index is -1.03. The summed E-state index contributed by atoms with van der Waals surface area (Å²) in [5.74, 6) is -2.22. The van der Waals surface area contributed by atoms with Gasteiger partial charge in [-0.1, -0.05) is 0 Å². The molecular weight excluding hydrogens is 392 g/mol. The normalized spacial score (nSPS) is 10.0. The molecule has 0 aliphatic heterocycles. The number of rotatable bonds is 5. The Morgan fingerprint density at radius 1 is 1.04 bits per heavy atom. The summed E-state index contributed by atoms with van der Waals surface area (Å²) in [5, 5.41) is 15.1. The monoisotopic (exact) mass is 408 g/mol. The molecular formula is C17H16N2O6S2. The summed E-state index contributed by atoms with van der Waals surface area (Å²) in [6.45, 7) is 1.61. The van der Waals surface area contributed by atoms with Crippen LogP contribution in [0.25, 0.3) is 0 Å². The lowest BCUT2D eigenvalue weighted by Crippen LogP contribution is -2.20. The van der Waals surface area contributed by atoms with Crippen molar-refractivity contribution in [2.24, 2.45) is 0 Å². The van der Waals surface area contributed by atoms with E-state index in [1.54, 1.807) is 19.1 Å². The first kappa shape index (κ1) is 20.3.